The summed E-state index contributed by atoms with van der Waals surface area (Å²) < 4.78 is 42.5. The van der Waals surface area contributed by atoms with E-state index < -0.39 is 16.0 Å². The van der Waals surface area contributed by atoms with E-state index >= 15 is 0 Å². The molecule has 1 aliphatic heterocycles. The van der Waals surface area contributed by atoms with Gasteiger partial charge in [0.2, 0.25) is 10.0 Å². The van der Waals surface area contributed by atoms with Gasteiger partial charge in [-0.2, -0.15) is 4.31 Å². The minimum absolute atomic E-state index is 0.0274. The molecule has 27 heavy (non-hydrogen) atoms. The number of carbonyl (C=O) groups is 1. The van der Waals surface area contributed by atoms with Gasteiger partial charge < -0.3 is 19.2 Å². The van der Waals surface area contributed by atoms with E-state index in [9.17, 15) is 13.2 Å². The normalized spacial score (nSPS) is 15.4. The predicted octanol–water partition coefficient (Wildman–Crippen LogP) is 1.79. The van der Waals surface area contributed by atoms with Crippen molar-refractivity contribution in [1.82, 2.24) is 9.29 Å². The summed E-state index contributed by atoms with van der Waals surface area (Å²) in [6.07, 6.45) is 1.30. The number of carbonyl (C=O) groups excluding carboxylic acids is 1. The summed E-state index contributed by atoms with van der Waals surface area (Å²) in [6, 6.07) is 8.56. The highest BCUT2D eigenvalue weighted by Gasteiger charge is 2.28. The van der Waals surface area contributed by atoms with Crippen LogP contribution in [0.5, 0.6) is 5.75 Å². The number of benzene rings is 1. The molecule has 0 radical (unpaired) electrons. The number of morpholine rings is 1. The molecule has 0 bridgehead atoms. The third kappa shape index (κ3) is 4.49. The molecule has 1 aliphatic rings. The number of aromatic nitrogens is 1. The van der Waals surface area contributed by atoms with Gasteiger partial charge in [-0.3, -0.25) is 0 Å². The Hall–Kier alpha value is -2.36. The average molecular weight is 394 g/mol. The van der Waals surface area contributed by atoms with Gasteiger partial charge in [0.1, 0.15) is 22.9 Å². The SMILES string of the molecule is CCOc1ccccc1COC(=O)c1cc(S(=O)(=O)N2CCOCC2)c[nH]1. The molecule has 146 valence electrons. The number of nitrogens with zero attached hydrogens (tertiary/aromatic N) is 1. The van der Waals surface area contributed by atoms with Gasteiger partial charge in [-0.15, -0.1) is 0 Å². The molecule has 2 heterocycles. The Labute approximate surface area is 158 Å². The summed E-state index contributed by atoms with van der Waals surface area (Å²) >= 11 is 0. The number of rotatable bonds is 7. The van der Waals surface area contributed by atoms with Crippen molar-refractivity contribution in [3.8, 4) is 5.75 Å². The Balaban J connectivity index is 1.67. The summed E-state index contributed by atoms with van der Waals surface area (Å²) in [5.74, 6) is 0.0135. The molecule has 1 aromatic heterocycles. The lowest BCUT2D eigenvalue weighted by atomic mass is 10.2. The lowest BCUT2D eigenvalue weighted by molar-refractivity contribution is 0.0463. The number of ether oxygens (including phenoxy) is 3. The van der Waals surface area contributed by atoms with Crippen molar-refractivity contribution >= 4 is 16.0 Å². The zero-order valence-corrected chi connectivity index (χ0v) is 15.8. The lowest BCUT2D eigenvalue weighted by Crippen LogP contribution is -2.40. The van der Waals surface area contributed by atoms with Gasteiger partial charge >= 0.3 is 5.97 Å². The molecule has 0 saturated carbocycles. The fraction of sp³-hybridized carbons (Fsp3) is 0.389. The maximum Gasteiger partial charge on any atom is 0.355 e. The number of H-pyrrole nitrogens is 1. The molecule has 0 amide bonds. The average Bonchev–Trinajstić information content (AvgIpc) is 3.19. The van der Waals surface area contributed by atoms with Crippen molar-refractivity contribution in [3.63, 3.8) is 0 Å². The summed E-state index contributed by atoms with van der Waals surface area (Å²) in [4.78, 5) is 15.0. The number of hydrogen-bond donors (Lipinski definition) is 1. The lowest BCUT2D eigenvalue weighted by Gasteiger charge is -2.25. The molecule has 0 spiro atoms. The van der Waals surface area contributed by atoms with Crippen LogP contribution in [0.4, 0.5) is 0 Å². The van der Waals surface area contributed by atoms with Crippen LogP contribution in [0.25, 0.3) is 0 Å². The highest BCUT2D eigenvalue weighted by Crippen LogP contribution is 2.21. The van der Waals surface area contributed by atoms with E-state index in [-0.39, 0.29) is 17.2 Å². The third-order valence-electron chi connectivity index (χ3n) is 4.12. The topological polar surface area (TPSA) is 97.9 Å². The monoisotopic (exact) mass is 394 g/mol. The van der Waals surface area contributed by atoms with Crippen molar-refractivity contribution in [2.75, 3.05) is 32.9 Å². The molecular formula is C18H22N2O6S. The summed E-state index contributed by atoms with van der Waals surface area (Å²) in [7, 11) is -3.66. The van der Waals surface area contributed by atoms with Crippen LogP contribution in [0.15, 0.2) is 41.4 Å². The molecule has 2 aromatic rings. The number of aromatic amines is 1. The van der Waals surface area contributed by atoms with Crippen LogP contribution >= 0.6 is 0 Å². The molecule has 0 aliphatic carbocycles. The van der Waals surface area contributed by atoms with Gasteiger partial charge in [-0.05, 0) is 19.1 Å². The standard InChI is InChI=1S/C18H22N2O6S/c1-2-25-17-6-4-3-5-14(17)13-26-18(21)16-11-15(12-19-16)27(22,23)20-7-9-24-10-8-20/h3-6,11-12,19H,2,7-10,13H2,1H3. The number of hydrogen-bond acceptors (Lipinski definition) is 6. The Kier molecular flexibility index (Phi) is 6.15. The van der Waals surface area contributed by atoms with E-state index in [0.29, 0.717) is 38.7 Å². The van der Waals surface area contributed by atoms with Gasteiger partial charge in [-0.25, -0.2) is 13.2 Å². The molecule has 1 aromatic carbocycles. The van der Waals surface area contributed by atoms with Crippen LogP contribution in [-0.4, -0.2) is 56.6 Å². The fourth-order valence-corrected chi connectivity index (χ4v) is 4.12. The minimum atomic E-state index is -3.66. The first kappa shape index (κ1) is 19.4. The second-order valence-corrected chi connectivity index (χ2v) is 7.82. The Bertz CT molecular complexity index is 887. The first-order valence-electron chi connectivity index (χ1n) is 8.66. The Morgan fingerprint density at radius 2 is 2.00 bits per heavy atom. The molecule has 1 fully saturated rings. The molecular weight excluding hydrogens is 372 g/mol. The van der Waals surface area contributed by atoms with Crippen LogP contribution in [-0.2, 0) is 26.1 Å². The van der Waals surface area contributed by atoms with E-state index in [0.717, 1.165) is 5.56 Å². The fourth-order valence-electron chi connectivity index (χ4n) is 2.72. The molecule has 0 atom stereocenters. The number of nitrogens with one attached hydrogen (secondary N) is 1. The zero-order valence-electron chi connectivity index (χ0n) is 15.0. The maximum absolute atomic E-state index is 12.6. The number of esters is 1. The highest BCUT2D eigenvalue weighted by atomic mass is 32.2. The first-order valence-corrected chi connectivity index (χ1v) is 10.1. The Morgan fingerprint density at radius 1 is 1.26 bits per heavy atom. The molecule has 1 saturated heterocycles. The van der Waals surface area contributed by atoms with Crippen LogP contribution in [0.3, 0.4) is 0 Å². The molecule has 0 unspecified atom stereocenters. The summed E-state index contributed by atoms with van der Waals surface area (Å²) in [5.41, 5.74) is 0.816. The minimum Gasteiger partial charge on any atom is -0.493 e. The maximum atomic E-state index is 12.6. The van der Waals surface area contributed by atoms with Gasteiger partial charge in [0.05, 0.1) is 19.8 Å². The smallest absolute Gasteiger partial charge is 0.355 e. The second-order valence-electron chi connectivity index (χ2n) is 5.88. The summed E-state index contributed by atoms with van der Waals surface area (Å²) in [6.45, 7) is 3.71. The van der Waals surface area contributed by atoms with E-state index in [2.05, 4.69) is 4.98 Å². The molecule has 9 heteroatoms. The van der Waals surface area contributed by atoms with Crippen molar-refractivity contribution in [3.05, 3.63) is 47.8 Å². The van der Waals surface area contributed by atoms with Crippen molar-refractivity contribution < 1.29 is 27.4 Å². The highest BCUT2D eigenvalue weighted by molar-refractivity contribution is 7.89. The zero-order chi connectivity index (χ0) is 19.3. The first-order chi connectivity index (χ1) is 13.0. The van der Waals surface area contributed by atoms with E-state index in [4.69, 9.17) is 14.2 Å². The summed E-state index contributed by atoms with van der Waals surface area (Å²) in [5, 5.41) is 0. The predicted molar refractivity (Wildman–Crippen MR) is 97.1 cm³/mol. The van der Waals surface area contributed by atoms with Crippen LogP contribution < -0.4 is 4.74 Å². The van der Waals surface area contributed by atoms with Gasteiger partial charge in [0.25, 0.3) is 0 Å². The van der Waals surface area contributed by atoms with Crippen LogP contribution in [0.1, 0.15) is 23.0 Å². The van der Waals surface area contributed by atoms with Crippen LogP contribution in [0, 0.1) is 0 Å². The van der Waals surface area contributed by atoms with Crippen molar-refractivity contribution in [1.29, 1.82) is 0 Å². The number of sulfonamides is 1. The number of para-hydroxylation sites is 1. The molecule has 3 rings (SSSR count). The van der Waals surface area contributed by atoms with E-state index in [1.807, 2.05) is 19.1 Å². The largest absolute Gasteiger partial charge is 0.493 e. The van der Waals surface area contributed by atoms with Gasteiger partial charge in [0.15, 0.2) is 0 Å². The van der Waals surface area contributed by atoms with E-state index in [1.165, 1.54) is 16.6 Å². The van der Waals surface area contributed by atoms with Gasteiger partial charge in [-0.1, -0.05) is 18.2 Å². The van der Waals surface area contributed by atoms with Crippen LogP contribution in [0.2, 0.25) is 0 Å². The van der Waals surface area contributed by atoms with Gasteiger partial charge in [0, 0.05) is 24.8 Å². The second kappa shape index (κ2) is 8.55. The third-order valence-corrected chi connectivity index (χ3v) is 5.99. The Morgan fingerprint density at radius 3 is 2.74 bits per heavy atom. The quantitative estimate of drug-likeness (QED) is 0.719. The van der Waals surface area contributed by atoms with E-state index in [1.54, 1.807) is 12.1 Å². The molecule has 1 N–H and O–H groups in total. The van der Waals surface area contributed by atoms with Crippen molar-refractivity contribution in [2.45, 2.75) is 18.4 Å². The molecule has 8 nitrogen and oxygen atoms in total. The van der Waals surface area contributed by atoms with Crippen molar-refractivity contribution in [2.24, 2.45) is 0 Å².